The number of aromatic nitrogens is 2. The number of hydrogen-bond acceptors (Lipinski definition) is 5. The lowest BCUT2D eigenvalue weighted by Gasteiger charge is -2.36. The molecule has 0 atom stereocenters. The van der Waals surface area contributed by atoms with E-state index < -0.39 is 0 Å². The van der Waals surface area contributed by atoms with Crippen LogP contribution in [0.2, 0.25) is 0 Å². The van der Waals surface area contributed by atoms with E-state index in [4.69, 9.17) is 9.97 Å². The molecular formula is C21H25N5. The third-order valence-corrected chi connectivity index (χ3v) is 4.82. The van der Waals surface area contributed by atoms with Gasteiger partial charge in [0.2, 0.25) is 5.95 Å². The largest absolute Gasteiger partial charge is 0.369 e. The van der Waals surface area contributed by atoms with Crippen LogP contribution in [-0.4, -0.2) is 42.7 Å². The van der Waals surface area contributed by atoms with Crippen LogP contribution in [-0.2, 0) is 0 Å². The quantitative estimate of drug-likeness (QED) is 0.761. The van der Waals surface area contributed by atoms with Gasteiger partial charge in [0, 0.05) is 43.8 Å². The van der Waals surface area contributed by atoms with Crippen molar-refractivity contribution in [2.45, 2.75) is 13.3 Å². The maximum Gasteiger partial charge on any atom is 0.228 e. The van der Waals surface area contributed by atoms with Crippen molar-refractivity contribution in [3.63, 3.8) is 0 Å². The van der Waals surface area contributed by atoms with E-state index in [9.17, 15) is 0 Å². The van der Waals surface area contributed by atoms with Gasteiger partial charge >= 0.3 is 0 Å². The molecule has 1 aliphatic rings. The fourth-order valence-electron chi connectivity index (χ4n) is 3.39. The van der Waals surface area contributed by atoms with Crippen LogP contribution in [0.4, 0.5) is 17.5 Å². The first kappa shape index (κ1) is 16.6. The Balaban J connectivity index is 1.55. The lowest BCUT2D eigenvalue weighted by atomic mass is 10.2. The maximum absolute atomic E-state index is 4.85. The molecule has 1 saturated heterocycles. The third kappa shape index (κ3) is 3.43. The van der Waals surface area contributed by atoms with Crippen LogP contribution in [0.25, 0.3) is 10.9 Å². The Morgan fingerprint density at radius 3 is 2.31 bits per heavy atom. The molecule has 2 aromatic carbocycles. The molecule has 2 heterocycles. The van der Waals surface area contributed by atoms with Gasteiger partial charge in [-0.05, 0) is 30.7 Å². The number of hydrogen-bond donors (Lipinski definition) is 1. The Morgan fingerprint density at radius 2 is 1.54 bits per heavy atom. The summed E-state index contributed by atoms with van der Waals surface area (Å²) in [6, 6.07) is 18.8. The number of anilines is 3. The first-order valence-electron chi connectivity index (χ1n) is 9.41. The minimum atomic E-state index is 0.829. The summed E-state index contributed by atoms with van der Waals surface area (Å²) in [6.07, 6.45) is 1.07. The topological polar surface area (TPSA) is 44.3 Å². The second kappa shape index (κ2) is 7.60. The van der Waals surface area contributed by atoms with Crippen LogP contribution in [0.15, 0.2) is 54.6 Å². The smallest absolute Gasteiger partial charge is 0.228 e. The van der Waals surface area contributed by atoms with Crippen molar-refractivity contribution >= 4 is 28.4 Å². The zero-order chi connectivity index (χ0) is 17.8. The Labute approximate surface area is 154 Å². The minimum Gasteiger partial charge on any atom is -0.369 e. The summed E-state index contributed by atoms with van der Waals surface area (Å²) in [4.78, 5) is 14.4. The average molecular weight is 347 g/mol. The molecule has 3 aromatic rings. The minimum absolute atomic E-state index is 0.829. The molecular weight excluding hydrogens is 322 g/mol. The van der Waals surface area contributed by atoms with Crippen molar-refractivity contribution in [1.82, 2.24) is 9.97 Å². The number of nitrogens with one attached hydrogen (secondary N) is 1. The first-order chi connectivity index (χ1) is 12.8. The molecule has 5 heteroatoms. The number of para-hydroxylation sites is 2. The van der Waals surface area contributed by atoms with E-state index in [1.54, 1.807) is 0 Å². The SMILES string of the molecule is CCCNc1nc(N2CCN(c3ccccc3)CC2)nc2ccccc12. The summed E-state index contributed by atoms with van der Waals surface area (Å²) in [6.45, 7) is 6.92. The number of benzene rings is 2. The highest BCUT2D eigenvalue weighted by Crippen LogP contribution is 2.25. The van der Waals surface area contributed by atoms with E-state index in [0.29, 0.717) is 0 Å². The molecule has 1 aromatic heterocycles. The van der Waals surface area contributed by atoms with Crippen LogP contribution in [0.1, 0.15) is 13.3 Å². The molecule has 0 unspecified atom stereocenters. The van der Waals surface area contributed by atoms with Crippen molar-refractivity contribution in [3.05, 3.63) is 54.6 Å². The summed E-state index contributed by atoms with van der Waals surface area (Å²) in [7, 11) is 0. The molecule has 0 aliphatic carbocycles. The van der Waals surface area contributed by atoms with Crippen LogP contribution in [0, 0.1) is 0 Å². The molecule has 1 N–H and O–H groups in total. The summed E-state index contributed by atoms with van der Waals surface area (Å²) in [5.41, 5.74) is 2.29. The normalized spacial score (nSPS) is 14.7. The second-order valence-electron chi connectivity index (χ2n) is 6.63. The van der Waals surface area contributed by atoms with Gasteiger partial charge in [-0.15, -0.1) is 0 Å². The van der Waals surface area contributed by atoms with Crippen molar-refractivity contribution < 1.29 is 0 Å². The van der Waals surface area contributed by atoms with Crippen LogP contribution < -0.4 is 15.1 Å². The van der Waals surface area contributed by atoms with Gasteiger partial charge in [-0.1, -0.05) is 37.3 Å². The second-order valence-corrected chi connectivity index (χ2v) is 6.63. The van der Waals surface area contributed by atoms with Crippen molar-refractivity contribution in [1.29, 1.82) is 0 Å². The summed E-state index contributed by atoms with van der Waals surface area (Å²) in [5, 5.41) is 4.55. The Hall–Kier alpha value is -2.82. The van der Waals surface area contributed by atoms with Crippen molar-refractivity contribution in [3.8, 4) is 0 Å². The fourth-order valence-corrected chi connectivity index (χ4v) is 3.39. The third-order valence-electron chi connectivity index (χ3n) is 4.82. The van der Waals surface area contributed by atoms with Gasteiger partial charge in [0.15, 0.2) is 0 Å². The molecule has 0 spiro atoms. The monoisotopic (exact) mass is 347 g/mol. The fraction of sp³-hybridized carbons (Fsp3) is 0.333. The number of rotatable bonds is 5. The van der Waals surface area contributed by atoms with E-state index in [1.807, 2.05) is 12.1 Å². The number of nitrogens with zero attached hydrogens (tertiary/aromatic N) is 4. The predicted molar refractivity (Wildman–Crippen MR) is 109 cm³/mol. The van der Waals surface area contributed by atoms with Crippen molar-refractivity contribution in [2.75, 3.05) is 47.8 Å². The molecule has 0 radical (unpaired) electrons. The molecule has 134 valence electrons. The predicted octanol–water partition coefficient (Wildman–Crippen LogP) is 3.78. The summed E-state index contributed by atoms with van der Waals surface area (Å²) in [5.74, 6) is 1.77. The highest BCUT2D eigenvalue weighted by Gasteiger charge is 2.20. The van der Waals surface area contributed by atoms with Gasteiger partial charge in [0.25, 0.3) is 0 Å². The van der Waals surface area contributed by atoms with E-state index in [1.165, 1.54) is 5.69 Å². The van der Waals surface area contributed by atoms with E-state index in [-0.39, 0.29) is 0 Å². The van der Waals surface area contributed by atoms with Crippen LogP contribution in [0.3, 0.4) is 0 Å². The lowest BCUT2D eigenvalue weighted by Crippen LogP contribution is -2.47. The molecule has 0 saturated carbocycles. The molecule has 0 amide bonds. The van der Waals surface area contributed by atoms with E-state index >= 15 is 0 Å². The molecule has 1 fully saturated rings. The molecule has 0 bridgehead atoms. The highest BCUT2D eigenvalue weighted by atomic mass is 15.3. The van der Waals surface area contributed by atoms with Gasteiger partial charge in [0.1, 0.15) is 5.82 Å². The molecule has 1 aliphatic heterocycles. The Kier molecular flexibility index (Phi) is 4.86. The lowest BCUT2D eigenvalue weighted by molar-refractivity contribution is 0.641. The summed E-state index contributed by atoms with van der Waals surface area (Å²) < 4.78 is 0. The molecule has 26 heavy (non-hydrogen) atoms. The zero-order valence-electron chi connectivity index (χ0n) is 15.2. The van der Waals surface area contributed by atoms with Gasteiger partial charge < -0.3 is 15.1 Å². The first-order valence-corrected chi connectivity index (χ1v) is 9.41. The van der Waals surface area contributed by atoms with E-state index in [2.05, 4.69) is 64.5 Å². The number of piperazine rings is 1. The van der Waals surface area contributed by atoms with Crippen LogP contribution >= 0.6 is 0 Å². The van der Waals surface area contributed by atoms with Gasteiger partial charge in [-0.2, -0.15) is 4.98 Å². The van der Waals surface area contributed by atoms with Gasteiger partial charge in [-0.3, -0.25) is 0 Å². The van der Waals surface area contributed by atoms with Gasteiger partial charge in [-0.25, -0.2) is 4.98 Å². The van der Waals surface area contributed by atoms with Crippen LogP contribution in [0.5, 0.6) is 0 Å². The standard InChI is InChI=1S/C21H25N5/c1-2-12-22-20-18-10-6-7-11-19(18)23-21(24-20)26-15-13-25(14-16-26)17-8-4-3-5-9-17/h3-11H,2,12-16H2,1H3,(H,22,23,24). The van der Waals surface area contributed by atoms with Crippen molar-refractivity contribution in [2.24, 2.45) is 0 Å². The molecule has 4 rings (SSSR count). The van der Waals surface area contributed by atoms with Gasteiger partial charge in [0.05, 0.1) is 5.52 Å². The number of fused-ring (bicyclic) bond motifs is 1. The van der Waals surface area contributed by atoms with E-state index in [0.717, 1.165) is 61.8 Å². The summed E-state index contributed by atoms with van der Waals surface area (Å²) >= 11 is 0. The highest BCUT2D eigenvalue weighted by molar-refractivity contribution is 5.90. The Bertz CT molecular complexity index is 857. The Morgan fingerprint density at radius 1 is 0.846 bits per heavy atom. The average Bonchev–Trinajstić information content (AvgIpc) is 2.72. The zero-order valence-corrected chi connectivity index (χ0v) is 15.2. The maximum atomic E-state index is 4.85. The molecule has 5 nitrogen and oxygen atoms in total.